The molecule has 0 N–H and O–H groups in total. The Labute approximate surface area is 197 Å². The van der Waals surface area contributed by atoms with Crippen LogP contribution in [0.3, 0.4) is 0 Å². The molecular formula is C24H26N8O2. The van der Waals surface area contributed by atoms with Gasteiger partial charge >= 0.3 is 0 Å². The minimum absolute atomic E-state index is 0.539. The van der Waals surface area contributed by atoms with Crippen molar-refractivity contribution in [3.8, 4) is 34.1 Å². The van der Waals surface area contributed by atoms with Crippen LogP contribution in [0.4, 0.5) is 5.95 Å². The number of fused-ring (bicyclic) bond motifs is 2. The molecule has 0 spiro atoms. The first-order valence-corrected chi connectivity index (χ1v) is 11.5. The first kappa shape index (κ1) is 20.8. The van der Waals surface area contributed by atoms with Crippen molar-refractivity contribution in [1.82, 2.24) is 34.4 Å². The van der Waals surface area contributed by atoms with Crippen molar-refractivity contribution in [3.05, 3.63) is 42.4 Å². The molecule has 1 fully saturated rings. The van der Waals surface area contributed by atoms with E-state index in [0.717, 1.165) is 72.6 Å². The second-order valence-corrected chi connectivity index (χ2v) is 8.65. The number of aromatic nitrogens is 6. The van der Waals surface area contributed by atoms with Gasteiger partial charge in [0.15, 0.2) is 17.3 Å². The van der Waals surface area contributed by atoms with E-state index in [-0.39, 0.29) is 0 Å². The summed E-state index contributed by atoms with van der Waals surface area (Å²) in [5.74, 6) is 3.34. The molecule has 10 nitrogen and oxygen atoms in total. The number of hydrogen-bond acceptors (Lipinski definition) is 9. The summed E-state index contributed by atoms with van der Waals surface area (Å²) in [7, 11) is 2.14. The number of aryl methyl sites for hydroxylation is 1. The van der Waals surface area contributed by atoms with Gasteiger partial charge in [0.05, 0.1) is 24.6 Å². The van der Waals surface area contributed by atoms with Crippen LogP contribution in [0.1, 0.15) is 12.1 Å². The average Bonchev–Trinajstić information content (AvgIpc) is 3.17. The quantitative estimate of drug-likeness (QED) is 0.459. The number of anilines is 1. The zero-order valence-electron chi connectivity index (χ0n) is 19.3. The van der Waals surface area contributed by atoms with Gasteiger partial charge in [0.2, 0.25) is 5.95 Å². The van der Waals surface area contributed by atoms with Gasteiger partial charge in [-0.25, -0.2) is 19.5 Å². The third-order valence-electron chi connectivity index (χ3n) is 6.32. The van der Waals surface area contributed by atoms with E-state index in [0.29, 0.717) is 24.8 Å². The van der Waals surface area contributed by atoms with Gasteiger partial charge in [-0.3, -0.25) is 0 Å². The van der Waals surface area contributed by atoms with Crippen LogP contribution in [0.2, 0.25) is 0 Å². The van der Waals surface area contributed by atoms with Crippen molar-refractivity contribution < 1.29 is 9.47 Å². The fourth-order valence-electron chi connectivity index (χ4n) is 4.28. The summed E-state index contributed by atoms with van der Waals surface area (Å²) in [5, 5.41) is 4.75. The minimum Gasteiger partial charge on any atom is -0.490 e. The summed E-state index contributed by atoms with van der Waals surface area (Å²) < 4.78 is 13.3. The largest absolute Gasteiger partial charge is 0.490 e. The molecule has 0 atom stereocenters. The first-order chi connectivity index (χ1) is 16.7. The molecule has 0 radical (unpaired) electrons. The predicted molar refractivity (Wildman–Crippen MR) is 127 cm³/mol. The Morgan fingerprint density at radius 3 is 2.59 bits per heavy atom. The molecule has 3 aromatic heterocycles. The molecule has 0 aliphatic carbocycles. The average molecular weight is 459 g/mol. The summed E-state index contributed by atoms with van der Waals surface area (Å²) >= 11 is 0. The number of rotatable bonds is 3. The lowest BCUT2D eigenvalue weighted by Crippen LogP contribution is -2.45. The zero-order chi connectivity index (χ0) is 23.1. The van der Waals surface area contributed by atoms with Gasteiger partial charge in [0, 0.05) is 56.1 Å². The number of benzene rings is 1. The molecule has 6 rings (SSSR count). The van der Waals surface area contributed by atoms with Crippen molar-refractivity contribution in [2.45, 2.75) is 13.3 Å². The van der Waals surface area contributed by atoms with Gasteiger partial charge in [0.25, 0.3) is 5.78 Å². The van der Waals surface area contributed by atoms with E-state index in [1.807, 2.05) is 43.6 Å². The number of ether oxygens (including phenoxy) is 2. The molecular weight excluding hydrogens is 432 g/mol. The van der Waals surface area contributed by atoms with Gasteiger partial charge < -0.3 is 19.3 Å². The van der Waals surface area contributed by atoms with E-state index in [1.165, 1.54) is 0 Å². The molecule has 5 heterocycles. The van der Waals surface area contributed by atoms with E-state index in [2.05, 4.69) is 31.8 Å². The molecule has 1 aromatic carbocycles. The van der Waals surface area contributed by atoms with E-state index in [4.69, 9.17) is 19.6 Å². The third kappa shape index (κ3) is 3.79. The highest BCUT2D eigenvalue weighted by atomic mass is 16.5. The maximum absolute atomic E-state index is 5.83. The number of hydrogen-bond donors (Lipinski definition) is 0. The summed E-state index contributed by atoms with van der Waals surface area (Å²) in [6.07, 6.45) is 4.49. The SMILES string of the molecule is Cc1c(-c2ccnc(N3CCN(C)CC3)n2)cnc2nc(-c3ccc4c(c3)OCCCO4)nn12. The fourth-order valence-corrected chi connectivity index (χ4v) is 4.28. The Kier molecular flexibility index (Phi) is 5.21. The Hall–Kier alpha value is -3.79. The molecule has 174 valence electrons. The molecule has 4 aromatic rings. The van der Waals surface area contributed by atoms with Crippen molar-refractivity contribution in [2.24, 2.45) is 0 Å². The monoisotopic (exact) mass is 458 g/mol. The standard InChI is InChI=1S/C24H26N8O2/c1-16-18(19-6-7-25-23(27-19)31-10-8-30(2)9-11-31)15-26-24-28-22(29-32(16)24)17-4-5-20-21(14-17)34-13-3-12-33-20/h4-7,14-15H,3,8-13H2,1-2H3. The Balaban J connectivity index is 1.34. The van der Waals surface area contributed by atoms with Crippen LogP contribution in [0.15, 0.2) is 36.7 Å². The molecule has 0 amide bonds. The number of likely N-dealkylation sites (N-methyl/N-ethyl adjacent to an activating group) is 1. The van der Waals surface area contributed by atoms with Crippen molar-refractivity contribution >= 4 is 11.7 Å². The molecule has 34 heavy (non-hydrogen) atoms. The molecule has 10 heteroatoms. The van der Waals surface area contributed by atoms with E-state index in [9.17, 15) is 0 Å². The summed E-state index contributed by atoms with van der Waals surface area (Å²) in [4.78, 5) is 23.1. The fraction of sp³-hybridized carbons (Fsp3) is 0.375. The first-order valence-electron chi connectivity index (χ1n) is 11.5. The predicted octanol–water partition coefficient (Wildman–Crippen LogP) is 2.47. The smallest absolute Gasteiger partial charge is 0.252 e. The van der Waals surface area contributed by atoms with E-state index in [1.54, 1.807) is 4.52 Å². The normalized spacial score (nSPS) is 16.6. The van der Waals surface area contributed by atoms with Gasteiger partial charge in [-0.1, -0.05) is 0 Å². The molecule has 0 unspecified atom stereocenters. The minimum atomic E-state index is 0.539. The van der Waals surface area contributed by atoms with Crippen molar-refractivity contribution in [1.29, 1.82) is 0 Å². The number of piperazine rings is 1. The van der Waals surface area contributed by atoms with Crippen LogP contribution in [0.5, 0.6) is 11.5 Å². The topological polar surface area (TPSA) is 93.8 Å². The third-order valence-corrected chi connectivity index (χ3v) is 6.32. The summed E-state index contributed by atoms with van der Waals surface area (Å²) in [6.45, 7) is 7.13. The Morgan fingerprint density at radius 1 is 0.912 bits per heavy atom. The molecule has 0 saturated carbocycles. The molecule has 0 bridgehead atoms. The lowest BCUT2D eigenvalue weighted by atomic mass is 10.2. The lowest BCUT2D eigenvalue weighted by Gasteiger charge is -2.32. The number of nitrogens with zero attached hydrogens (tertiary/aromatic N) is 8. The van der Waals surface area contributed by atoms with Crippen LogP contribution in [-0.2, 0) is 0 Å². The second-order valence-electron chi connectivity index (χ2n) is 8.65. The molecule has 2 aliphatic rings. The van der Waals surface area contributed by atoms with Crippen LogP contribution >= 0.6 is 0 Å². The van der Waals surface area contributed by atoms with Crippen LogP contribution in [0.25, 0.3) is 28.4 Å². The van der Waals surface area contributed by atoms with Crippen molar-refractivity contribution in [2.75, 3.05) is 51.3 Å². The highest BCUT2D eigenvalue weighted by molar-refractivity contribution is 5.66. The van der Waals surface area contributed by atoms with Gasteiger partial charge in [-0.15, -0.1) is 5.10 Å². The van der Waals surface area contributed by atoms with Gasteiger partial charge in [-0.2, -0.15) is 4.98 Å². The van der Waals surface area contributed by atoms with Gasteiger partial charge in [0.1, 0.15) is 0 Å². The summed E-state index contributed by atoms with van der Waals surface area (Å²) in [5.41, 5.74) is 3.50. The summed E-state index contributed by atoms with van der Waals surface area (Å²) in [6, 6.07) is 7.70. The highest BCUT2D eigenvalue weighted by Crippen LogP contribution is 2.33. The molecule has 1 saturated heterocycles. The maximum atomic E-state index is 5.83. The highest BCUT2D eigenvalue weighted by Gasteiger charge is 2.19. The van der Waals surface area contributed by atoms with Gasteiger partial charge in [-0.05, 0) is 38.2 Å². The van der Waals surface area contributed by atoms with E-state index < -0.39 is 0 Å². The lowest BCUT2D eigenvalue weighted by molar-refractivity contribution is 0.297. The van der Waals surface area contributed by atoms with Crippen LogP contribution in [0, 0.1) is 6.92 Å². The Bertz CT molecular complexity index is 1350. The zero-order valence-corrected chi connectivity index (χ0v) is 19.3. The molecule has 2 aliphatic heterocycles. The van der Waals surface area contributed by atoms with Crippen LogP contribution in [-0.4, -0.2) is 80.9 Å². The maximum Gasteiger partial charge on any atom is 0.252 e. The van der Waals surface area contributed by atoms with Crippen LogP contribution < -0.4 is 14.4 Å². The van der Waals surface area contributed by atoms with E-state index >= 15 is 0 Å². The van der Waals surface area contributed by atoms with Crippen molar-refractivity contribution in [3.63, 3.8) is 0 Å². The Morgan fingerprint density at radius 2 is 1.74 bits per heavy atom. The second kappa shape index (κ2) is 8.53.